The van der Waals surface area contributed by atoms with Crippen LogP contribution in [0.4, 0.5) is 0 Å². The van der Waals surface area contributed by atoms with Gasteiger partial charge in [-0.2, -0.15) is 0 Å². The number of amides is 1. The van der Waals surface area contributed by atoms with Crippen molar-refractivity contribution < 1.29 is 14.7 Å². The lowest BCUT2D eigenvalue weighted by Gasteiger charge is -2.20. The summed E-state index contributed by atoms with van der Waals surface area (Å²) in [6.45, 7) is 1.47. The molecule has 0 spiro atoms. The van der Waals surface area contributed by atoms with Crippen molar-refractivity contribution in [1.82, 2.24) is 5.32 Å². The Balaban J connectivity index is 2.46. The van der Waals surface area contributed by atoms with E-state index in [4.69, 9.17) is 5.11 Å². The number of carbonyl (C=O) groups is 2. The largest absolute Gasteiger partial charge is 0.478 e. The van der Waals surface area contributed by atoms with Gasteiger partial charge < -0.3 is 10.4 Å². The molecule has 0 aromatic carbocycles. The van der Waals surface area contributed by atoms with Gasteiger partial charge in [-0.25, -0.2) is 4.79 Å². The van der Waals surface area contributed by atoms with Gasteiger partial charge in [-0.15, -0.1) is 0 Å². The summed E-state index contributed by atoms with van der Waals surface area (Å²) in [6.07, 6.45) is 3.58. The molecule has 4 heteroatoms. The minimum absolute atomic E-state index is 0.0582. The number of aliphatic carboxylic acids is 1. The number of nitrogens with one attached hydrogen (secondary N) is 1. The lowest BCUT2D eigenvalue weighted by Crippen LogP contribution is -2.34. The van der Waals surface area contributed by atoms with Gasteiger partial charge in [0.15, 0.2) is 0 Å². The van der Waals surface area contributed by atoms with E-state index in [0.717, 1.165) is 6.42 Å². The third-order valence-electron chi connectivity index (χ3n) is 2.09. The average Bonchev–Trinajstić information content (AvgIpc) is 2.04. The minimum Gasteiger partial charge on any atom is -0.478 e. The highest BCUT2D eigenvalue weighted by atomic mass is 16.4. The van der Waals surface area contributed by atoms with Crippen LogP contribution in [0.15, 0.2) is 11.6 Å². The van der Waals surface area contributed by atoms with Gasteiger partial charge in [0, 0.05) is 18.5 Å². The Kier molecular flexibility index (Phi) is 3.06. The maximum absolute atomic E-state index is 10.7. The standard InChI is InChI=1S/C9H13NO3/c1-6(11)10-8-4-2-7(3-5-8)9(12)13/h2,8H,3-5H2,1H3,(H,10,11)(H,12,13)/t8-/m1/s1. The van der Waals surface area contributed by atoms with Crippen molar-refractivity contribution >= 4 is 11.9 Å². The molecule has 0 radical (unpaired) electrons. The summed E-state index contributed by atoms with van der Waals surface area (Å²) in [5, 5.41) is 11.4. The fourth-order valence-electron chi connectivity index (χ4n) is 1.45. The van der Waals surface area contributed by atoms with Crippen LogP contribution in [0, 0.1) is 0 Å². The molecule has 13 heavy (non-hydrogen) atoms. The van der Waals surface area contributed by atoms with Gasteiger partial charge in [0.25, 0.3) is 0 Å². The molecule has 4 nitrogen and oxygen atoms in total. The van der Waals surface area contributed by atoms with Crippen LogP contribution >= 0.6 is 0 Å². The van der Waals surface area contributed by atoms with Crippen molar-refractivity contribution in [2.75, 3.05) is 0 Å². The molecule has 0 aliphatic heterocycles. The molecule has 2 N–H and O–H groups in total. The highest BCUT2D eigenvalue weighted by Gasteiger charge is 2.18. The van der Waals surface area contributed by atoms with Gasteiger partial charge in [0.1, 0.15) is 0 Å². The summed E-state index contributed by atoms with van der Waals surface area (Å²) in [6, 6.07) is 0.112. The maximum Gasteiger partial charge on any atom is 0.331 e. The van der Waals surface area contributed by atoms with Gasteiger partial charge in [-0.1, -0.05) is 6.08 Å². The molecule has 0 heterocycles. The molecular formula is C9H13NO3. The van der Waals surface area contributed by atoms with Crippen LogP contribution in [0.2, 0.25) is 0 Å². The third-order valence-corrected chi connectivity index (χ3v) is 2.09. The summed E-state index contributed by atoms with van der Waals surface area (Å²) in [5.41, 5.74) is 0.460. The van der Waals surface area contributed by atoms with Gasteiger partial charge in [-0.3, -0.25) is 4.79 Å². The second-order valence-corrected chi connectivity index (χ2v) is 3.21. The second-order valence-electron chi connectivity index (χ2n) is 3.21. The number of carbonyl (C=O) groups excluding carboxylic acids is 1. The number of carboxylic acid groups (broad SMARTS) is 1. The quantitative estimate of drug-likeness (QED) is 0.661. The lowest BCUT2D eigenvalue weighted by molar-refractivity contribution is -0.132. The van der Waals surface area contributed by atoms with Crippen LogP contribution < -0.4 is 5.32 Å². The van der Waals surface area contributed by atoms with E-state index in [1.807, 2.05) is 0 Å². The van der Waals surface area contributed by atoms with Crippen molar-refractivity contribution in [3.63, 3.8) is 0 Å². The van der Waals surface area contributed by atoms with Crippen molar-refractivity contribution in [2.24, 2.45) is 0 Å². The Morgan fingerprint density at radius 2 is 2.31 bits per heavy atom. The van der Waals surface area contributed by atoms with Gasteiger partial charge in [-0.05, 0) is 19.3 Å². The van der Waals surface area contributed by atoms with E-state index in [-0.39, 0.29) is 11.9 Å². The van der Waals surface area contributed by atoms with Crippen LogP contribution in [0.3, 0.4) is 0 Å². The van der Waals surface area contributed by atoms with Crippen LogP contribution in [-0.2, 0) is 9.59 Å². The van der Waals surface area contributed by atoms with Gasteiger partial charge in [0.05, 0.1) is 0 Å². The first-order valence-electron chi connectivity index (χ1n) is 4.29. The molecule has 1 amide bonds. The molecule has 1 atom stereocenters. The Bertz CT molecular complexity index is 258. The Labute approximate surface area is 76.6 Å². The first kappa shape index (κ1) is 9.77. The van der Waals surface area contributed by atoms with E-state index < -0.39 is 5.97 Å². The van der Waals surface area contributed by atoms with E-state index in [9.17, 15) is 9.59 Å². The molecule has 0 aromatic heterocycles. The maximum atomic E-state index is 10.7. The average molecular weight is 183 g/mol. The Morgan fingerprint density at radius 3 is 2.69 bits per heavy atom. The molecular weight excluding hydrogens is 170 g/mol. The zero-order valence-corrected chi connectivity index (χ0v) is 7.54. The van der Waals surface area contributed by atoms with Crippen molar-refractivity contribution in [2.45, 2.75) is 32.2 Å². The first-order chi connectivity index (χ1) is 6.09. The molecule has 0 saturated carbocycles. The highest BCUT2D eigenvalue weighted by Crippen LogP contribution is 2.17. The van der Waals surface area contributed by atoms with Gasteiger partial charge >= 0.3 is 5.97 Å². The van der Waals surface area contributed by atoms with Gasteiger partial charge in [0.2, 0.25) is 5.91 Å². The van der Waals surface area contributed by atoms with E-state index in [1.54, 1.807) is 6.08 Å². The molecule has 0 fully saturated rings. The minimum atomic E-state index is -0.846. The van der Waals surface area contributed by atoms with Crippen LogP contribution in [0.1, 0.15) is 26.2 Å². The zero-order valence-electron chi connectivity index (χ0n) is 7.54. The summed E-state index contributed by atoms with van der Waals surface area (Å²) >= 11 is 0. The predicted molar refractivity (Wildman–Crippen MR) is 47.2 cm³/mol. The van der Waals surface area contributed by atoms with E-state index in [2.05, 4.69) is 5.32 Å². The SMILES string of the molecule is CC(=O)N[C@@H]1CC=C(C(=O)O)CC1. The predicted octanol–water partition coefficient (Wildman–Crippen LogP) is 0.686. The number of carboxylic acids is 1. The molecule has 0 unspecified atom stereocenters. The first-order valence-corrected chi connectivity index (χ1v) is 4.29. The van der Waals surface area contributed by atoms with Crippen molar-refractivity contribution in [1.29, 1.82) is 0 Å². The van der Waals surface area contributed by atoms with Crippen molar-refractivity contribution in [3.8, 4) is 0 Å². The topological polar surface area (TPSA) is 66.4 Å². The van der Waals surface area contributed by atoms with E-state index in [1.165, 1.54) is 6.92 Å². The zero-order chi connectivity index (χ0) is 9.84. The second kappa shape index (κ2) is 4.07. The van der Waals surface area contributed by atoms with Crippen molar-refractivity contribution in [3.05, 3.63) is 11.6 Å². The molecule has 72 valence electrons. The highest BCUT2D eigenvalue weighted by molar-refractivity contribution is 5.86. The van der Waals surface area contributed by atoms with E-state index in [0.29, 0.717) is 18.4 Å². The van der Waals surface area contributed by atoms with Crippen LogP contribution in [0.5, 0.6) is 0 Å². The summed E-state index contributed by atoms with van der Waals surface area (Å²) in [4.78, 5) is 21.2. The molecule has 0 bridgehead atoms. The number of hydrogen-bond acceptors (Lipinski definition) is 2. The molecule has 1 aliphatic carbocycles. The fourth-order valence-corrected chi connectivity index (χ4v) is 1.45. The smallest absolute Gasteiger partial charge is 0.331 e. The lowest BCUT2D eigenvalue weighted by atomic mass is 9.95. The third kappa shape index (κ3) is 2.89. The Morgan fingerprint density at radius 1 is 1.62 bits per heavy atom. The molecule has 0 saturated heterocycles. The van der Waals surface area contributed by atoms with E-state index >= 15 is 0 Å². The fraction of sp³-hybridized carbons (Fsp3) is 0.556. The van der Waals surface area contributed by atoms with Crippen LogP contribution in [-0.4, -0.2) is 23.0 Å². The number of rotatable bonds is 2. The molecule has 1 aliphatic rings. The summed E-state index contributed by atoms with van der Waals surface area (Å²) in [7, 11) is 0. The monoisotopic (exact) mass is 183 g/mol. The molecule has 0 aromatic rings. The number of hydrogen-bond donors (Lipinski definition) is 2. The summed E-state index contributed by atoms with van der Waals surface area (Å²) < 4.78 is 0. The Hall–Kier alpha value is -1.32. The normalized spacial score (nSPS) is 21.9. The van der Waals surface area contributed by atoms with Crippen LogP contribution in [0.25, 0.3) is 0 Å². The summed E-state index contributed by atoms with van der Waals surface area (Å²) in [5.74, 6) is -0.904. The molecule has 1 rings (SSSR count).